The van der Waals surface area contributed by atoms with E-state index in [-0.39, 0.29) is 22.9 Å². The Balaban J connectivity index is 2.16. The van der Waals surface area contributed by atoms with Crippen molar-refractivity contribution in [3.8, 4) is 5.75 Å². The van der Waals surface area contributed by atoms with Crippen LogP contribution in [0.4, 0.5) is 0 Å². The van der Waals surface area contributed by atoms with Crippen LogP contribution in [0.3, 0.4) is 0 Å². The number of hydrogen-bond acceptors (Lipinski definition) is 5. The second-order valence-electron chi connectivity index (χ2n) is 5.86. The number of nitrogens with zero attached hydrogens (tertiary/aromatic N) is 1. The molecular weight excluding hydrogens is 442 g/mol. The molecule has 2 aromatic carbocycles. The fourth-order valence-electron chi connectivity index (χ4n) is 2.20. The van der Waals surface area contributed by atoms with Crippen molar-refractivity contribution in [3.63, 3.8) is 0 Å². The van der Waals surface area contributed by atoms with Crippen LogP contribution in [0.15, 0.2) is 56.7 Å². The Bertz CT molecular complexity index is 1000. The Hall–Kier alpha value is -1.42. The van der Waals surface area contributed by atoms with Gasteiger partial charge in [0.2, 0.25) is 10.0 Å². The van der Waals surface area contributed by atoms with E-state index in [9.17, 15) is 16.8 Å². The van der Waals surface area contributed by atoms with E-state index >= 15 is 0 Å². The third kappa shape index (κ3) is 5.06. The molecule has 2 aromatic rings. The number of sulfonamides is 1. The molecular formula is C17H20BrNO5S2. The fourth-order valence-corrected chi connectivity index (χ4v) is 5.02. The lowest BCUT2D eigenvalue weighted by Crippen LogP contribution is -2.31. The number of rotatable bonds is 7. The van der Waals surface area contributed by atoms with Gasteiger partial charge in [0.25, 0.3) is 0 Å². The first-order chi connectivity index (χ1) is 12.0. The molecule has 0 amide bonds. The molecule has 9 heteroatoms. The minimum Gasteiger partial charge on any atom is -0.492 e. The molecule has 0 aliphatic heterocycles. The highest BCUT2D eigenvalue weighted by Crippen LogP contribution is 2.27. The van der Waals surface area contributed by atoms with Crippen molar-refractivity contribution in [2.75, 3.05) is 26.5 Å². The third-order valence-corrected chi connectivity index (χ3v) is 7.64. The van der Waals surface area contributed by atoms with Crippen LogP contribution >= 0.6 is 15.9 Å². The van der Waals surface area contributed by atoms with Crippen molar-refractivity contribution in [1.29, 1.82) is 0 Å². The highest BCUT2D eigenvalue weighted by molar-refractivity contribution is 9.10. The van der Waals surface area contributed by atoms with Gasteiger partial charge in [-0.1, -0.05) is 12.1 Å². The molecule has 0 aliphatic carbocycles. The van der Waals surface area contributed by atoms with Gasteiger partial charge in [0, 0.05) is 24.3 Å². The molecule has 0 radical (unpaired) electrons. The number of sulfone groups is 1. The van der Waals surface area contributed by atoms with E-state index in [1.807, 2.05) is 25.1 Å². The highest BCUT2D eigenvalue weighted by Gasteiger charge is 2.25. The van der Waals surface area contributed by atoms with Gasteiger partial charge in [-0.05, 0) is 58.7 Å². The van der Waals surface area contributed by atoms with Gasteiger partial charge >= 0.3 is 0 Å². The molecule has 26 heavy (non-hydrogen) atoms. The van der Waals surface area contributed by atoms with E-state index < -0.39 is 19.9 Å². The highest BCUT2D eigenvalue weighted by atomic mass is 79.9. The molecule has 0 aliphatic rings. The van der Waals surface area contributed by atoms with E-state index in [2.05, 4.69) is 15.9 Å². The van der Waals surface area contributed by atoms with Gasteiger partial charge in [-0.15, -0.1) is 0 Å². The molecule has 0 heterocycles. The summed E-state index contributed by atoms with van der Waals surface area (Å²) in [5.41, 5.74) is 1.05. The topological polar surface area (TPSA) is 80.8 Å². The van der Waals surface area contributed by atoms with Crippen LogP contribution in [-0.2, 0) is 19.9 Å². The standard InChI is InChI=1S/C17H20BrNO5S2/c1-13-5-4-6-14(11-13)24-10-9-19(2)26(22,23)17-12-15(25(3,20)21)7-8-16(17)18/h4-8,11-12H,9-10H2,1-3H3. The first kappa shape index (κ1) is 20.9. The predicted octanol–water partition coefficient (Wildman–Crippen LogP) is 2.86. The average Bonchev–Trinajstić information content (AvgIpc) is 2.54. The van der Waals surface area contributed by atoms with Crippen molar-refractivity contribution in [2.45, 2.75) is 16.7 Å². The van der Waals surface area contributed by atoms with E-state index in [1.54, 1.807) is 6.07 Å². The molecule has 0 atom stereocenters. The van der Waals surface area contributed by atoms with Crippen LogP contribution in [0.25, 0.3) is 0 Å². The molecule has 142 valence electrons. The van der Waals surface area contributed by atoms with Crippen LogP contribution in [0.2, 0.25) is 0 Å². The van der Waals surface area contributed by atoms with E-state index in [0.29, 0.717) is 10.2 Å². The van der Waals surface area contributed by atoms with E-state index in [1.165, 1.54) is 19.2 Å². The molecule has 6 nitrogen and oxygen atoms in total. The lowest BCUT2D eigenvalue weighted by atomic mass is 10.2. The number of halogens is 1. The van der Waals surface area contributed by atoms with E-state index in [0.717, 1.165) is 22.2 Å². The maximum absolute atomic E-state index is 12.8. The van der Waals surface area contributed by atoms with Gasteiger partial charge in [0.15, 0.2) is 9.84 Å². The third-order valence-electron chi connectivity index (χ3n) is 3.68. The SMILES string of the molecule is Cc1cccc(OCCN(C)S(=O)(=O)c2cc(S(C)(=O)=O)ccc2Br)c1. The van der Waals surface area contributed by atoms with Gasteiger partial charge in [0.1, 0.15) is 12.4 Å². The predicted molar refractivity (Wildman–Crippen MR) is 104 cm³/mol. The van der Waals surface area contributed by atoms with Crippen LogP contribution in [0.1, 0.15) is 5.56 Å². The van der Waals surface area contributed by atoms with Crippen molar-refractivity contribution >= 4 is 35.8 Å². The quantitative estimate of drug-likeness (QED) is 0.632. The molecule has 0 aromatic heterocycles. The largest absolute Gasteiger partial charge is 0.492 e. The first-order valence-corrected chi connectivity index (χ1v) is 11.8. The minimum absolute atomic E-state index is 0.0521. The molecule has 0 N–H and O–H groups in total. The van der Waals surface area contributed by atoms with Crippen LogP contribution in [0, 0.1) is 6.92 Å². The zero-order valence-electron chi connectivity index (χ0n) is 14.6. The van der Waals surface area contributed by atoms with Gasteiger partial charge < -0.3 is 4.74 Å². The van der Waals surface area contributed by atoms with Crippen molar-refractivity contribution in [3.05, 3.63) is 52.5 Å². The summed E-state index contributed by atoms with van der Waals surface area (Å²) in [5, 5.41) is 0. The number of ether oxygens (including phenoxy) is 1. The number of likely N-dealkylation sites (N-methyl/N-ethyl adjacent to an activating group) is 1. The Morgan fingerprint density at radius 3 is 2.38 bits per heavy atom. The smallest absolute Gasteiger partial charge is 0.244 e. The molecule has 0 fully saturated rings. The maximum atomic E-state index is 12.8. The second-order valence-corrected chi connectivity index (χ2v) is 10.7. The van der Waals surface area contributed by atoms with Gasteiger partial charge in [-0.2, -0.15) is 4.31 Å². The normalized spacial score (nSPS) is 12.3. The molecule has 0 spiro atoms. The Morgan fingerprint density at radius 1 is 1.08 bits per heavy atom. The zero-order valence-corrected chi connectivity index (χ0v) is 17.9. The monoisotopic (exact) mass is 461 g/mol. The van der Waals surface area contributed by atoms with Gasteiger partial charge in [0.05, 0.1) is 9.79 Å². The summed E-state index contributed by atoms with van der Waals surface area (Å²) in [7, 11) is -5.96. The van der Waals surface area contributed by atoms with Gasteiger partial charge in [-0.25, -0.2) is 16.8 Å². The minimum atomic E-state index is -3.87. The fraction of sp³-hybridized carbons (Fsp3) is 0.294. The van der Waals surface area contributed by atoms with Crippen molar-refractivity contribution < 1.29 is 21.6 Å². The van der Waals surface area contributed by atoms with Crippen LogP contribution in [0.5, 0.6) is 5.75 Å². The summed E-state index contributed by atoms with van der Waals surface area (Å²) in [5.74, 6) is 0.663. The van der Waals surface area contributed by atoms with Crippen LogP contribution < -0.4 is 4.74 Å². The number of aryl methyl sites for hydroxylation is 1. The zero-order chi connectivity index (χ0) is 19.5. The molecule has 0 unspecified atom stereocenters. The molecule has 0 saturated heterocycles. The van der Waals surface area contributed by atoms with E-state index in [4.69, 9.17) is 4.74 Å². The second kappa shape index (κ2) is 8.08. The first-order valence-electron chi connectivity index (χ1n) is 7.67. The lowest BCUT2D eigenvalue weighted by Gasteiger charge is -2.19. The van der Waals surface area contributed by atoms with Crippen molar-refractivity contribution in [2.24, 2.45) is 0 Å². The summed E-state index contributed by atoms with van der Waals surface area (Å²) in [6.07, 6.45) is 1.03. The summed E-state index contributed by atoms with van der Waals surface area (Å²) in [6.45, 7) is 2.23. The molecule has 2 rings (SSSR count). The molecule has 0 bridgehead atoms. The van der Waals surface area contributed by atoms with Crippen molar-refractivity contribution in [1.82, 2.24) is 4.31 Å². The lowest BCUT2D eigenvalue weighted by molar-refractivity contribution is 0.286. The van der Waals surface area contributed by atoms with Crippen LogP contribution in [-0.4, -0.2) is 47.6 Å². The summed E-state index contributed by atoms with van der Waals surface area (Å²) < 4.78 is 56.0. The summed E-state index contributed by atoms with van der Waals surface area (Å²) >= 11 is 3.18. The average molecular weight is 462 g/mol. The Labute approximate surface area is 162 Å². The summed E-state index contributed by atoms with van der Waals surface area (Å²) in [6, 6.07) is 11.4. The molecule has 0 saturated carbocycles. The maximum Gasteiger partial charge on any atom is 0.244 e. The Morgan fingerprint density at radius 2 is 1.77 bits per heavy atom. The Kier molecular flexibility index (Phi) is 6.49. The number of benzene rings is 2. The number of hydrogen-bond donors (Lipinski definition) is 0. The van der Waals surface area contributed by atoms with Gasteiger partial charge in [-0.3, -0.25) is 0 Å². The summed E-state index contributed by atoms with van der Waals surface area (Å²) in [4.78, 5) is -0.151.